The molecule has 0 saturated heterocycles. The summed E-state index contributed by atoms with van der Waals surface area (Å²) in [6.07, 6.45) is 0. The predicted molar refractivity (Wildman–Crippen MR) is 93.8 cm³/mol. The van der Waals surface area contributed by atoms with E-state index in [1.54, 1.807) is 29.6 Å². The second-order valence-corrected chi connectivity index (χ2v) is 7.18. The van der Waals surface area contributed by atoms with Crippen LogP contribution in [0.4, 0.5) is 0 Å². The molecular formula is C15H13N3O2S3. The fourth-order valence-corrected chi connectivity index (χ4v) is 3.87. The van der Waals surface area contributed by atoms with E-state index in [-0.39, 0.29) is 11.7 Å². The van der Waals surface area contributed by atoms with Crippen molar-refractivity contribution < 1.29 is 9.53 Å². The highest BCUT2D eigenvalue weighted by Gasteiger charge is 2.16. The maximum Gasteiger partial charge on any atom is 0.316 e. The van der Waals surface area contributed by atoms with E-state index in [2.05, 4.69) is 15.2 Å². The summed E-state index contributed by atoms with van der Waals surface area (Å²) in [5.74, 6) is -0.0984. The first-order valence-corrected chi connectivity index (χ1v) is 9.63. The number of carbonyl (C=O) groups excluding carboxylic acids is 1. The molecule has 23 heavy (non-hydrogen) atoms. The number of thiophene rings is 2. The zero-order valence-corrected chi connectivity index (χ0v) is 14.7. The van der Waals surface area contributed by atoms with E-state index >= 15 is 0 Å². The lowest BCUT2D eigenvalue weighted by molar-refractivity contribution is -0.139. The minimum absolute atomic E-state index is 0.178. The maximum atomic E-state index is 11.5. The van der Waals surface area contributed by atoms with Crippen LogP contribution >= 0.6 is 34.4 Å². The van der Waals surface area contributed by atoms with E-state index < -0.39 is 0 Å². The summed E-state index contributed by atoms with van der Waals surface area (Å²) >= 11 is 4.44. The second-order valence-electron chi connectivity index (χ2n) is 4.34. The summed E-state index contributed by atoms with van der Waals surface area (Å²) in [6.45, 7) is 2.15. The normalized spacial score (nSPS) is 10.7. The maximum absolute atomic E-state index is 11.5. The van der Waals surface area contributed by atoms with Gasteiger partial charge in [0.05, 0.1) is 22.1 Å². The molecule has 0 amide bonds. The van der Waals surface area contributed by atoms with Crippen LogP contribution in [0.5, 0.6) is 0 Å². The monoisotopic (exact) mass is 363 g/mol. The molecule has 0 saturated carbocycles. The molecule has 0 bridgehead atoms. The number of thioether (sulfide) groups is 1. The van der Waals surface area contributed by atoms with Gasteiger partial charge in [-0.3, -0.25) is 4.79 Å². The van der Waals surface area contributed by atoms with Crippen LogP contribution in [-0.4, -0.2) is 33.5 Å². The van der Waals surface area contributed by atoms with Crippen LogP contribution in [-0.2, 0) is 9.53 Å². The van der Waals surface area contributed by atoms with Crippen LogP contribution in [0.15, 0.2) is 40.2 Å². The van der Waals surface area contributed by atoms with Gasteiger partial charge in [0.15, 0.2) is 0 Å². The van der Waals surface area contributed by atoms with Gasteiger partial charge in [0, 0.05) is 0 Å². The number of rotatable bonds is 6. The Morgan fingerprint density at radius 2 is 1.83 bits per heavy atom. The van der Waals surface area contributed by atoms with E-state index in [0.29, 0.717) is 11.8 Å². The van der Waals surface area contributed by atoms with Crippen LogP contribution in [0.3, 0.4) is 0 Å². The Morgan fingerprint density at radius 3 is 2.43 bits per heavy atom. The molecule has 5 nitrogen and oxygen atoms in total. The zero-order chi connectivity index (χ0) is 16.1. The van der Waals surface area contributed by atoms with E-state index in [1.165, 1.54) is 11.8 Å². The lowest BCUT2D eigenvalue weighted by Crippen LogP contribution is -2.07. The molecule has 3 rings (SSSR count). The molecule has 0 atom stereocenters. The number of hydrogen-bond donors (Lipinski definition) is 0. The Morgan fingerprint density at radius 1 is 1.13 bits per heavy atom. The van der Waals surface area contributed by atoms with Crippen LogP contribution in [0.1, 0.15) is 6.92 Å². The van der Waals surface area contributed by atoms with Gasteiger partial charge in [-0.25, -0.2) is 4.98 Å². The minimum atomic E-state index is -0.277. The quantitative estimate of drug-likeness (QED) is 0.487. The molecule has 0 radical (unpaired) electrons. The smallest absolute Gasteiger partial charge is 0.316 e. The van der Waals surface area contributed by atoms with Gasteiger partial charge in [0.2, 0.25) is 5.16 Å². The van der Waals surface area contributed by atoms with Gasteiger partial charge >= 0.3 is 5.97 Å². The summed E-state index contributed by atoms with van der Waals surface area (Å²) in [5, 5.41) is 12.9. The van der Waals surface area contributed by atoms with Crippen LogP contribution < -0.4 is 0 Å². The molecule has 3 aromatic rings. The predicted octanol–water partition coefficient (Wildman–Crippen LogP) is 3.98. The number of esters is 1. The zero-order valence-electron chi connectivity index (χ0n) is 12.3. The summed E-state index contributed by atoms with van der Waals surface area (Å²) < 4.78 is 4.92. The Labute approximate surface area is 145 Å². The number of hydrogen-bond acceptors (Lipinski definition) is 8. The highest BCUT2D eigenvalue weighted by molar-refractivity contribution is 7.99. The molecule has 8 heteroatoms. The Bertz CT molecular complexity index is 773. The third-order valence-corrected chi connectivity index (χ3v) is 5.37. The second kappa shape index (κ2) is 7.67. The standard InChI is InChI=1S/C15H13N3O2S3/c1-2-20-12(19)9-23-15-16-13(10-5-3-7-21-10)14(17-18-15)11-6-4-8-22-11/h3-8H,2,9H2,1H3. The van der Waals surface area contributed by atoms with Crippen molar-refractivity contribution in [2.75, 3.05) is 12.4 Å². The van der Waals surface area contributed by atoms with E-state index in [0.717, 1.165) is 21.1 Å². The van der Waals surface area contributed by atoms with Crippen molar-refractivity contribution in [1.29, 1.82) is 0 Å². The first kappa shape index (κ1) is 16.1. The number of aromatic nitrogens is 3. The first-order valence-electron chi connectivity index (χ1n) is 6.89. The highest BCUT2D eigenvalue weighted by atomic mass is 32.2. The van der Waals surface area contributed by atoms with Gasteiger partial charge < -0.3 is 4.74 Å². The third kappa shape index (κ3) is 3.95. The fourth-order valence-electron chi connectivity index (χ4n) is 1.86. The molecule has 0 unspecified atom stereocenters. The van der Waals surface area contributed by atoms with Gasteiger partial charge in [-0.15, -0.1) is 32.9 Å². The van der Waals surface area contributed by atoms with Crippen LogP contribution in [0, 0.1) is 0 Å². The van der Waals surface area contributed by atoms with Crippen LogP contribution in [0.2, 0.25) is 0 Å². The molecule has 0 aliphatic heterocycles. The van der Waals surface area contributed by atoms with Gasteiger partial charge in [0.25, 0.3) is 0 Å². The SMILES string of the molecule is CCOC(=O)CSc1nnc(-c2cccs2)c(-c2cccs2)n1. The lowest BCUT2D eigenvalue weighted by Gasteiger charge is -2.06. The molecular weight excluding hydrogens is 350 g/mol. The Balaban J connectivity index is 1.90. The number of carbonyl (C=O) groups is 1. The largest absolute Gasteiger partial charge is 0.465 e. The first-order chi connectivity index (χ1) is 11.3. The molecule has 3 heterocycles. The summed E-state index contributed by atoms with van der Waals surface area (Å²) in [4.78, 5) is 18.1. The van der Waals surface area contributed by atoms with Crippen molar-refractivity contribution in [3.63, 3.8) is 0 Å². The fraction of sp³-hybridized carbons (Fsp3) is 0.200. The molecule has 0 N–H and O–H groups in total. The highest BCUT2D eigenvalue weighted by Crippen LogP contribution is 2.34. The van der Waals surface area contributed by atoms with Crippen molar-refractivity contribution in [1.82, 2.24) is 15.2 Å². The van der Waals surface area contributed by atoms with Gasteiger partial charge in [-0.1, -0.05) is 23.9 Å². The third-order valence-electron chi connectivity index (χ3n) is 2.80. The average Bonchev–Trinajstić information content (AvgIpc) is 3.26. The van der Waals surface area contributed by atoms with Gasteiger partial charge in [-0.2, -0.15) is 0 Å². The van der Waals surface area contributed by atoms with Crippen LogP contribution in [0.25, 0.3) is 21.1 Å². The lowest BCUT2D eigenvalue weighted by atomic mass is 10.2. The Kier molecular flexibility index (Phi) is 5.37. The van der Waals surface area contributed by atoms with Gasteiger partial charge in [-0.05, 0) is 29.8 Å². The summed E-state index contributed by atoms with van der Waals surface area (Å²) in [5.41, 5.74) is 1.56. The summed E-state index contributed by atoms with van der Waals surface area (Å²) in [6, 6.07) is 7.96. The van der Waals surface area contributed by atoms with E-state index in [1.807, 2.05) is 35.0 Å². The van der Waals surface area contributed by atoms with Crippen molar-refractivity contribution in [3.05, 3.63) is 35.0 Å². The molecule has 0 aliphatic carbocycles. The average molecular weight is 363 g/mol. The van der Waals surface area contributed by atoms with Gasteiger partial charge in [0.1, 0.15) is 11.4 Å². The van der Waals surface area contributed by atoms with Crippen molar-refractivity contribution in [3.8, 4) is 21.1 Å². The number of ether oxygens (including phenoxy) is 1. The molecule has 0 spiro atoms. The molecule has 0 aromatic carbocycles. The van der Waals surface area contributed by atoms with E-state index in [9.17, 15) is 4.79 Å². The van der Waals surface area contributed by atoms with Crippen molar-refractivity contribution in [2.24, 2.45) is 0 Å². The number of nitrogens with zero attached hydrogens (tertiary/aromatic N) is 3. The van der Waals surface area contributed by atoms with E-state index in [4.69, 9.17) is 4.74 Å². The minimum Gasteiger partial charge on any atom is -0.465 e. The molecule has 0 fully saturated rings. The van der Waals surface area contributed by atoms with Crippen molar-refractivity contribution in [2.45, 2.75) is 12.1 Å². The molecule has 3 aromatic heterocycles. The van der Waals surface area contributed by atoms with Crippen molar-refractivity contribution >= 4 is 40.4 Å². The molecule has 0 aliphatic rings. The summed E-state index contributed by atoms with van der Waals surface area (Å²) in [7, 11) is 0. The molecule has 118 valence electrons. The Hall–Kier alpha value is -1.77. The topological polar surface area (TPSA) is 65.0 Å².